The SMILES string of the molecule is CC[C@H](C)[C@H](NC(=O)[C@@H](N)Cc1ccccc1)C(=O)N[C@@H](Cc1cnc[nH]1)C(=O)N[C@@H](CC(N)=O)C(=O)N[C@@H](Cc1ccccc1)C(=O)N[C@@H](CCCCN)C(=O)N[C@@H](CCCN=C(N)N)C(=O)N[C@@H](CCCCN)C(=O)O. The number of carbonyl (C=O) groups is 9. The molecule has 0 saturated carbocycles. The Balaban J connectivity index is 1.94. The zero-order chi connectivity index (χ0) is 57.6. The number of H-pyrrole nitrogens is 1. The van der Waals surface area contributed by atoms with Crippen LogP contribution in [0.25, 0.3) is 0 Å². The van der Waals surface area contributed by atoms with Crippen LogP contribution in [0.2, 0.25) is 0 Å². The average molecular weight is 1090 g/mol. The van der Waals surface area contributed by atoms with Crippen LogP contribution in [0.4, 0.5) is 0 Å². The number of imidazole rings is 1. The highest BCUT2D eigenvalue weighted by Gasteiger charge is 2.36. The van der Waals surface area contributed by atoms with Gasteiger partial charge >= 0.3 is 5.97 Å². The molecule has 0 unspecified atom stereocenters. The van der Waals surface area contributed by atoms with Crippen molar-refractivity contribution in [2.75, 3.05) is 19.6 Å². The minimum atomic E-state index is -1.73. The summed E-state index contributed by atoms with van der Waals surface area (Å²) in [6, 6.07) is 6.77. The first-order valence-electron chi connectivity index (χ1n) is 26.2. The minimum Gasteiger partial charge on any atom is -0.480 e. The molecular weight excluding hydrogens is 1010 g/mol. The Morgan fingerprint density at radius 1 is 0.577 bits per heavy atom. The molecule has 0 bridgehead atoms. The number of amides is 8. The van der Waals surface area contributed by atoms with Crippen LogP contribution in [0.5, 0.6) is 0 Å². The fraction of sp³-hybridized carbons (Fsp3) is 0.519. The van der Waals surface area contributed by atoms with Gasteiger partial charge in [0.15, 0.2) is 5.96 Å². The number of hydrogen-bond acceptors (Lipinski definition) is 14. The maximum atomic E-state index is 14.5. The number of aliphatic carboxylic acids is 1. The van der Waals surface area contributed by atoms with E-state index in [1.807, 2.05) is 37.3 Å². The van der Waals surface area contributed by atoms with E-state index in [0.29, 0.717) is 49.9 Å². The second-order valence-electron chi connectivity index (χ2n) is 19.0. The average Bonchev–Trinajstić information content (AvgIpc) is 3.93. The molecule has 2 aromatic carbocycles. The quantitative estimate of drug-likeness (QED) is 0.0161. The number of unbranched alkanes of at least 4 members (excludes halogenated alkanes) is 2. The van der Waals surface area contributed by atoms with Crippen LogP contribution >= 0.6 is 0 Å². The van der Waals surface area contributed by atoms with Gasteiger partial charge < -0.3 is 81.7 Å². The Labute approximate surface area is 454 Å². The third-order valence-corrected chi connectivity index (χ3v) is 12.7. The van der Waals surface area contributed by atoms with Crippen molar-refractivity contribution in [2.24, 2.45) is 45.3 Å². The van der Waals surface area contributed by atoms with E-state index in [1.54, 1.807) is 37.3 Å². The summed E-state index contributed by atoms with van der Waals surface area (Å²) >= 11 is 0. The summed E-state index contributed by atoms with van der Waals surface area (Å²) in [6.45, 7) is 4.17. The van der Waals surface area contributed by atoms with Gasteiger partial charge in [-0.05, 0) is 87.9 Å². The third-order valence-electron chi connectivity index (χ3n) is 12.7. The maximum absolute atomic E-state index is 14.5. The molecule has 78 heavy (non-hydrogen) atoms. The molecule has 0 saturated heterocycles. The van der Waals surface area contributed by atoms with E-state index in [9.17, 15) is 48.3 Å². The van der Waals surface area contributed by atoms with Gasteiger partial charge in [-0.3, -0.25) is 43.3 Å². The van der Waals surface area contributed by atoms with Gasteiger partial charge in [-0.15, -0.1) is 0 Å². The lowest BCUT2D eigenvalue weighted by Gasteiger charge is -2.29. The lowest BCUT2D eigenvalue weighted by molar-refractivity contribution is -0.142. The molecule has 1 heterocycles. The number of carbonyl (C=O) groups excluding carboxylic acids is 8. The summed E-state index contributed by atoms with van der Waals surface area (Å²) in [5.74, 6) is -8.82. The van der Waals surface area contributed by atoms with E-state index < -0.39 is 114 Å². The number of nitrogens with two attached hydrogens (primary N) is 6. The lowest BCUT2D eigenvalue weighted by Crippen LogP contribution is -2.61. The molecule has 428 valence electrons. The van der Waals surface area contributed by atoms with Crippen molar-refractivity contribution in [3.8, 4) is 0 Å². The molecule has 0 aliphatic rings. The molecule has 0 aliphatic heterocycles. The Morgan fingerprint density at radius 2 is 1.04 bits per heavy atom. The Morgan fingerprint density at radius 3 is 1.54 bits per heavy atom. The summed E-state index contributed by atoms with van der Waals surface area (Å²) in [5, 5.41) is 28.2. The molecule has 0 fully saturated rings. The van der Waals surface area contributed by atoms with Crippen LogP contribution in [-0.2, 0) is 62.4 Å². The summed E-state index contributed by atoms with van der Waals surface area (Å²) in [6.07, 6.45) is 4.14. The molecule has 21 N–H and O–H groups in total. The molecule has 26 heteroatoms. The van der Waals surface area contributed by atoms with Crippen LogP contribution in [-0.4, -0.2) is 142 Å². The Bertz CT molecular complexity index is 2410. The normalized spacial score (nSPS) is 14.5. The first-order valence-corrected chi connectivity index (χ1v) is 26.2. The first-order chi connectivity index (χ1) is 37.3. The summed E-state index contributed by atoms with van der Waals surface area (Å²) in [4.78, 5) is 134. The number of guanidine groups is 1. The molecule has 0 spiro atoms. The number of primary amides is 1. The molecule has 1 aromatic heterocycles. The van der Waals surface area contributed by atoms with Gasteiger partial charge in [0.05, 0.1) is 18.8 Å². The monoisotopic (exact) mass is 1090 g/mol. The van der Waals surface area contributed by atoms with Crippen molar-refractivity contribution in [3.05, 3.63) is 90.0 Å². The lowest BCUT2D eigenvalue weighted by atomic mass is 9.96. The van der Waals surface area contributed by atoms with Gasteiger partial charge in [0.25, 0.3) is 0 Å². The molecule has 3 aromatic rings. The van der Waals surface area contributed by atoms with E-state index in [-0.39, 0.29) is 64.0 Å². The second kappa shape index (κ2) is 34.6. The van der Waals surface area contributed by atoms with Gasteiger partial charge in [-0.1, -0.05) is 80.9 Å². The second-order valence-corrected chi connectivity index (χ2v) is 19.0. The van der Waals surface area contributed by atoms with Crippen LogP contribution < -0.4 is 71.6 Å². The molecule has 3 rings (SSSR count). The van der Waals surface area contributed by atoms with Gasteiger partial charge in [0.1, 0.15) is 42.3 Å². The topological polar surface area (TPSA) is 455 Å². The number of nitrogens with zero attached hydrogens (tertiary/aromatic N) is 2. The maximum Gasteiger partial charge on any atom is 0.326 e. The molecule has 26 nitrogen and oxygen atoms in total. The van der Waals surface area contributed by atoms with Crippen molar-refractivity contribution in [3.63, 3.8) is 0 Å². The van der Waals surface area contributed by atoms with Gasteiger partial charge in [-0.2, -0.15) is 0 Å². The van der Waals surface area contributed by atoms with Gasteiger partial charge in [-0.25, -0.2) is 9.78 Å². The number of nitrogens with one attached hydrogen (secondary N) is 8. The number of carboxylic acids is 1. The van der Waals surface area contributed by atoms with Crippen LogP contribution in [0.3, 0.4) is 0 Å². The summed E-state index contributed by atoms with van der Waals surface area (Å²) in [7, 11) is 0. The molecule has 9 atom stereocenters. The van der Waals surface area contributed by atoms with Crippen molar-refractivity contribution in [2.45, 2.75) is 146 Å². The van der Waals surface area contributed by atoms with Crippen molar-refractivity contribution in [1.29, 1.82) is 0 Å². The van der Waals surface area contributed by atoms with E-state index in [2.05, 4.69) is 52.2 Å². The highest BCUT2D eigenvalue weighted by Crippen LogP contribution is 2.13. The number of aromatic nitrogens is 2. The van der Waals surface area contributed by atoms with E-state index in [4.69, 9.17) is 34.4 Å². The standard InChI is InChI=1S/C52H80N16O10/c1-3-31(2)43(68-44(70)35(55)25-32-15-6-4-7-16-32)50(76)67-40(27-34-29-59-30-61-34)48(74)66-41(28-42(56)69)49(75)65-39(26-33-17-8-5-9-18-33)47(73)63-36(19-10-12-22-53)45(71)62-37(21-14-24-60-52(57)58)46(72)64-38(51(77)78)20-11-13-23-54/h4-9,15-18,29-31,35-41,43H,3,10-14,19-28,53-55H2,1-2H3,(H2,56,69)(H,59,61)(H,62,71)(H,63,73)(H,64,72)(H,65,75)(H,66,74)(H,67,76)(H,68,70)(H,77,78)(H4,57,58,60)/t31-,35-,36-,37-,38-,39-,40-,41-,43-/m0/s1. The molecular formula is C52H80N16O10. The largest absolute Gasteiger partial charge is 0.480 e. The molecule has 0 radical (unpaired) electrons. The Hall–Kier alpha value is -7.97. The molecule has 0 aliphatic carbocycles. The highest BCUT2D eigenvalue weighted by molar-refractivity contribution is 5.99. The first kappa shape index (κ1) is 64.3. The van der Waals surface area contributed by atoms with E-state index in [0.717, 1.165) is 5.56 Å². The predicted molar refractivity (Wildman–Crippen MR) is 291 cm³/mol. The number of rotatable bonds is 37. The van der Waals surface area contributed by atoms with Crippen molar-refractivity contribution in [1.82, 2.24) is 47.2 Å². The zero-order valence-electron chi connectivity index (χ0n) is 44.4. The van der Waals surface area contributed by atoms with Gasteiger partial charge in [0, 0.05) is 31.3 Å². The number of benzene rings is 2. The van der Waals surface area contributed by atoms with Crippen molar-refractivity contribution < 1.29 is 48.3 Å². The van der Waals surface area contributed by atoms with E-state index in [1.165, 1.54) is 12.5 Å². The number of hydrogen-bond donors (Lipinski definition) is 15. The van der Waals surface area contributed by atoms with Crippen molar-refractivity contribution >= 4 is 59.2 Å². The number of aromatic amines is 1. The fourth-order valence-electron chi connectivity index (χ4n) is 8.13. The minimum absolute atomic E-state index is 0.00577. The third kappa shape index (κ3) is 23.5. The predicted octanol–water partition coefficient (Wildman–Crippen LogP) is -2.52. The summed E-state index contributed by atoms with van der Waals surface area (Å²) < 4.78 is 0. The van der Waals surface area contributed by atoms with Crippen LogP contribution in [0.15, 0.2) is 78.2 Å². The van der Waals surface area contributed by atoms with E-state index >= 15 is 0 Å². The smallest absolute Gasteiger partial charge is 0.326 e. The van der Waals surface area contributed by atoms with Gasteiger partial charge in [0.2, 0.25) is 47.3 Å². The Kier molecular flexibility index (Phi) is 28.6. The number of carboxylic acid groups (broad SMARTS) is 1. The highest BCUT2D eigenvalue weighted by atomic mass is 16.4. The molecule has 8 amide bonds. The fourth-order valence-corrected chi connectivity index (χ4v) is 8.13. The summed E-state index contributed by atoms with van der Waals surface area (Å²) in [5.41, 5.74) is 36.0. The van der Waals surface area contributed by atoms with Crippen LogP contribution in [0.1, 0.15) is 94.9 Å². The number of aliphatic imine (C=N–C) groups is 1. The van der Waals surface area contributed by atoms with Crippen LogP contribution in [0, 0.1) is 5.92 Å². The zero-order valence-corrected chi connectivity index (χ0v) is 44.4.